The van der Waals surface area contributed by atoms with Crippen LogP contribution in [0.15, 0.2) is 0 Å². The van der Waals surface area contributed by atoms with E-state index >= 15 is 0 Å². The Labute approximate surface area is 91.2 Å². The standard InChI is InChI=1S/C11H21NO3/c1-11(2,3)9(8-13)15-10(14)12-6-4-5-7-12/h9,13H,4-8H2,1-3H3. The zero-order valence-electron chi connectivity index (χ0n) is 9.82. The molecule has 0 aromatic carbocycles. The normalized spacial score (nSPS) is 19.1. The van der Waals surface area contributed by atoms with Crippen LogP contribution in [0.5, 0.6) is 0 Å². The van der Waals surface area contributed by atoms with Crippen molar-refractivity contribution in [1.29, 1.82) is 0 Å². The van der Waals surface area contributed by atoms with Crippen LogP contribution >= 0.6 is 0 Å². The molecule has 88 valence electrons. The molecule has 0 radical (unpaired) electrons. The molecule has 0 bridgehead atoms. The van der Waals surface area contributed by atoms with Crippen molar-refractivity contribution in [3.05, 3.63) is 0 Å². The molecule has 1 rings (SSSR count). The lowest BCUT2D eigenvalue weighted by atomic mass is 9.89. The zero-order valence-corrected chi connectivity index (χ0v) is 9.82. The summed E-state index contributed by atoms with van der Waals surface area (Å²) in [7, 11) is 0. The van der Waals surface area contributed by atoms with Crippen molar-refractivity contribution in [2.24, 2.45) is 5.41 Å². The van der Waals surface area contributed by atoms with Gasteiger partial charge in [-0.3, -0.25) is 0 Å². The first kappa shape index (κ1) is 12.3. The molecule has 1 amide bonds. The van der Waals surface area contributed by atoms with Gasteiger partial charge in [-0.15, -0.1) is 0 Å². The summed E-state index contributed by atoms with van der Waals surface area (Å²) in [5.41, 5.74) is -0.218. The van der Waals surface area contributed by atoms with Crippen molar-refractivity contribution in [1.82, 2.24) is 4.90 Å². The van der Waals surface area contributed by atoms with Gasteiger partial charge in [-0.1, -0.05) is 20.8 Å². The molecule has 1 fully saturated rings. The highest BCUT2D eigenvalue weighted by molar-refractivity contribution is 5.68. The van der Waals surface area contributed by atoms with Crippen molar-refractivity contribution in [3.63, 3.8) is 0 Å². The van der Waals surface area contributed by atoms with Gasteiger partial charge in [0.2, 0.25) is 0 Å². The molecular formula is C11H21NO3. The Balaban J connectivity index is 2.47. The number of nitrogens with zero attached hydrogens (tertiary/aromatic N) is 1. The van der Waals surface area contributed by atoms with E-state index in [4.69, 9.17) is 9.84 Å². The van der Waals surface area contributed by atoms with Gasteiger partial charge in [-0.05, 0) is 12.8 Å². The van der Waals surface area contributed by atoms with E-state index in [1.165, 1.54) is 0 Å². The van der Waals surface area contributed by atoms with E-state index in [1.807, 2.05) is 20.8 Å². The summed E-state index contributed by atoms with van der Waals surface area (Å²) in [6.07, 6.45) is 1.38. The minimum Gasteiger partial charge on any atom is -0.443 e. The van der Waals surface area contributed by atoms with E-state index in [0.29, 0.717) is 0 Å². The number of aliphatic hydroxyl groups is 1. The topological polar surface area (TPSA) is 49.8 Å². The second kappa shape index (κ2) is 4.84. The molecule has 15 heavy (non-hydrogen) atoms. The Hall–Kier alpha value is -0.770. The largest absolute Gasteiger partial charge is 0.443 e. The predicted molar refractivity (Wildman–Crippen MR) is 57.6 cm³/mol. The number of rotatable bonds is 2. The smallest absolute Gasteiger partial charge is 0.410 e. The minimum absolute atomic E-state index is 0.122. The third-order valence-electron chi connectivity index (χ3n) is 2.74. The van der Waals surface area contributed by atoms with E-state index in [0.717, 1.165) is 25.9 Å². The number of hydrogen-bond acceptors (Lipinski definition) is 3. The fourth-order valence-corrected chi connectivity index (χ4v) is 1.58. The predicted octanol–water partition coefficient (Wildman–Crippen LogP) is 1.63. The summed E-state index contributed by atoms with van der Waals surface area (Å²) in [5, 5.41) is 9.16. The van der Waals surface area contributed by atoms with Crippen LogP contribution in [0.2, 0.25) is 0 Å². The van der Waals surface area contributed by atoms with Gasteiger partial charge >= 0.3 is 6.09 Å². The number of carbonyl (C=O) groups excluding carboxylic acids is 1. The highest BCUT2D eigenvalue weighted by Crippen LogP contribution is 2.23. The monoisotopic (exact) mass is 215 g/mol. The Bertz CT molecular complexity index is 216. The zero-order chi connectivity index (χ0) is 11.5. The highest BCUT2D eigenvalue weighted by Gasteiger charge is 2.30. The average molecular weight is 215 g/mol. The summed E-state index contributed by atoms with van der Waals surface area (Å²) in [4.78, 5) is 13.4. The van der Waals surface area contributed by atoms with Gasteiger partial charge in [0.25, 0.3) is 0 Å². The first-order valence-electron chi connectivity index (χ1n) is 5.51. The van der Waals surface area contributed by atoms with Gasteiger partial charge in [-0.25, -0.2) is 4.79 Å². The van der Waals surface area contributed by atoms with Crippen LogP contribution in [-0.2, 0) is 4.74 Å². The Morgan fingerprint density at radius 2 is 1.93 bits per heavy atom. The number of likely N-dealkylation sites (tertiary alicyclic amines) is 1. The van der Waals surface area contributed by atoms with Gasteiger partial charge in [0, 0.05) is 18.5 Å². The molecule has 1 saturated heterocycles. The van der Waals surface area contributed by atoms with E-state index in [2.05, 4.69) is 0 Å². The third-order valence-corrected chi connectivity index (χ3v) is 2.74. The number of carbonyl (C=O) groups is 1. The molecule has 0 saturated carbocycles. The Morgan fingerprint density at radius 1 is 1.40 bits per heavy atom. The van der Waals surface area contributed by atoms with Crippen LogP contribution in [0.3, 0.4) is 0 Å². The lowest BCUT2D eigenvalue weighted by molar-refractivity contribution is -0.0181. The summed E-state index contributed by atoms with van der Waals surface area (Å²) < 4.78 is 5.28. The van der Waals surface area contributed by atoms with Gasteiger partial charge < -0.3 is 14.7 Å². The minimum atomic E-state index is -0.425. The second-order valence-corrected chi connectivity index (χ2v) is 5.12. The average Bonchev–Trinajstić information content (AvgIpc) is 2.64. The maximum atomic E-state index is 11.7. The van der Waals surface area contributed by atoms with E-state index in [9.17, 15) is 4.79 Å². The molecule has 1 aliphatic rings. The summed E-state index contributed by atoms with van der Waals surface area (Å²) in [5.74, 6) is 0. The van der Waals surface area contributed by atoms with Gasteiger partial charge in [0.05, 0.1) is 6.61 Å². The summed E-state index contributed by atoms with van der Waals surface area (Å²) in [6, 6.07) is 0. The molecule has 4 heteroatoms. The molecule has 0 spiro atoms. The van der Waals surface area contributed by atoms with Crippen LogP contribution in [0.4, 0.5) is 4.79 Å². The van der Waals surface area contributed by atoms with Gasteiger partial charge in [-0.2, -0.15) is 0 Å². The van der Waals surface area contributed by atoms with E-state index in [-0.39, 0.29) is 18.1 Å². The molecule has 1 heterocycles. The lowest BCUT2D eigenvalue weighted by Crippen LogP contribution is -2.39. The highest BCUT2D eigenvalue weighted by atomic mass is 16.6. The second-order valence-electron chi connectivity index (χ2n) is 5.12. The lowest BCUT2D eigenvalue weighted by Gasteiger charge is -2.30. The van der Waals surface area contributed by atoms with Crippen molar-refractivity contribution in [3.8, 4) is 0 Å². The van der Waals surface area contributed by atoms with Crippen LogP contribution < -0.4 is 0 Å². The fraction of sp³-hybridized carbons (Fsp3) is 0.909. The van der Waals surface area contributed by atoms with Crippen LogP contribution in [0.25, 0.3) is 0 Å². The van der Waals surface area contributed by atoms with Crippen molar-refractivity contribution < 1.29 is 14.6 Å². The molecule has 0 aliphatic carbocycles. The van der Waals surface area contributed by atoms with E-state index in [1.54, 1.807) is 4.90 Å². The van der Waals surface area contributed by atoms with Crippen molar-refractivity contribution in [2.45, 2.75) is 39.7 Å². The fourth-order valence-electron chi connectivity index (χ4n) is 1.58. The molecule has 0 aromatic rings. The van der Waals surface area contributed by atoms with Crippen LogP contribution in [0.1, 0.15) is 33.6 Å². The number of amides is 1. The summed E-state index contributed by atoms with van der Waals surface area (Å²) in [6.45, 7) is 7.28. The first-order chi connectivity index (χ1) is 6.95. The molecule has 1 atom stereocenters. The number of aliphatic hydroxyl groups excluding tert-OH is 1. The molecule has 0 aromatic heterocycles. The quantitative estimate of drug-likeness (QED) is 0.761. The summed E-state index contributed by atoms with van der Waals surface area (Å²) >= 11 is 0. The maximum Gasteiger partial charge on any atom is 0.410 e. The number of hydrogen-bond donors (Lipinski definition) is 1. The molecule has 1 N–H and O–H groups in total. The van der Waals surface area contributed by atoms with Gasteiger partial charge in [0.1, 0.15) is 6.10 Å². The van der Waals surface area contributed by atoms with Crippen molar-refractivity contribution >= 4 is 6.09 Å². The number of ether oxygens (including phenoxy) is 1. The Morgan fingerprint density at radius 3 is 2.33 bits per heavy atom. The van der Waals surface area contributed by atoms with Crippen LogP contribution in [0, 0.1) is 5.41 Å². The third kappa shape index (κ3) is 3.38. The maximum absolute atomic E-state index is 11.7. The van der Waals surface area contributed by atoms with Crippen LogP contribution in [-0.4, -0.2) is 41.9 Å². The first-order valence-corrected chi connectivity index (χ1v) is 5.51. The molecule has 1 unspecified atom stereocenters. The SMILES string of the molecule is CC(C)(C)C(CO)OC(=O)N1CCCC1. The Kier molecular flexibility index (Phi) is 3.97. The molecule has 1 aliphatic heterocycles. The molecular weight excluding hydrogens is 194 g/mol. The van der Waals surface area contributed by atoms with E-state index < -0.39 is 6.10 Å². The molecule has 4 nitrogen and oxygen atoms in total. The van der Waals surface area contributed by atoms with Crippen molar-refractivity contribution in [2.75, 3.05) is 19.7 Å². The van der Waals surface area contributed by atoms with Gasteiger partial charge in [0.15, 0.2) is 0 Å².